The molecule has 0 aliphatic carbocycles. The van der Waals surface area contributed by atoms with Gasteiger partial charge in [0.1, 0.15) is 6.61 Å². The molecule has 0 radical (unpaired) electrons. The van der Waals surface area contributed by atoms with Crippen LogP contribution in [0.2, 0.25) is 0 Å². The monoisotopic (exact) mass is 241 g/mol. The second-order valence-electron chi connectivity index (χ2n) is 3.97. The lowest BCUT2D eigenvalue weighted by atomic mass is 10.1. The van der Waals surface area contributed by atoms with Gasteiger partial charge in [-0.15, -0.1) is 0 Å². The molecule has 4 nitrogen and oxygen atoms in total. The smallest absolute Gasteiger partial charge is 0.208 e. The van der Waals surface area contributed by atoms with Crippen LogP contribution in [0.5, 0.6) is 11.5 Å². The Morgan fingerprint density at radius 3 is 2.78 bits per heavy atom. The summed E-state index contributed by atoms with van der Waals surface area (Å²) in [4.78, 5) is 16.1. The maximum atomic E-state index is 12.2. The van der Waals surface area contributed by atoms with E-state index in [0.29, 0.717) is 17.1 Å². The van der Waals surface area contributed by atoms with E-state index in [9.17, 15) is 4.79 Å². The van der Waals surface area contributed by atoms with Crippen molar-refractivity contribution in [2.24, 2.45) is 0 Å². The van der Waals surface area contributed by atoms with Crippen LogP contribution in [-0.4, -0.2) is 23.5 Å². The summed E-state index contributed by atoms with van der Waals surface area (Å²) in [6, 6.07) is 10.8. The van der Waals surface area contributed by atoms with Gasteiger partial charge in [-0.2, -0.15) is 0 Å². The zero-order chi connectivity index (χ0) is 12.4. The number of nitrogens with zero attached hydrogens (tertiary/aromatic N) is 1. The molecule has 4 heteroatoms. The number of hydrogen-bond donors (Lipinski definition) is 0. The molecule has 0 spiro atoms. The highest BCUT2D eigenvalue weighted by Crippen LogP contribution is 2.31. The minimum Gasteiger partial charge on any atom is -0.485 e. The van der Waals surface area contributed by atoms with Crippen molar-refractivity contribution in [1.29, 1.82) is 0 Å². The Balaban J connectivity index is 1.82. The Morgan fingerprint density at radius 1 is 1.17 bits per heavy atom. The minimum atomic E-state index is -0.607. The summed E-state index contributed by atoms with van der Waals surface area (Å²) >= 11 is 0. The zero-order valence-corrected chi connectivity index (χ0v) is 9.58. The first-order valence-corrected chi connectivity index (χ1v) is 5.67. The number of fused-ring (bicyclic) bond motifs is 1. The quantitative estimate of drug-likeness (QED) is 0.755. The maximum absolute atomic E-state index is 12.2. The molecule has 3 rings (SSSR count). The van der Waals surface area contributed by atoms with Crippen LogP contribution in [0.3, 0.4) is 0 Å². The number of hydrogen-bond acceptors (Lipinski definition) is 4. The largest absolute Gasteiger partial charge is 0.485 e. The van der Waals surface area contributed by atoms with E-state index < -0.39 is 6.10 Å². The predicted molar refractivity (Wildman–Crippen MR) is 64.9 cm³/mol. The number of rotatable bonds is 2. The fourth-order valence-corrected chi connectivity index (χ4v) is 1.84. The van der Waals surface area contributed by atoms with Crippen molar-refractivity contribution in [1.82, 2.24) is 4.98 Å². The molecule has 0 N–H and O–H groups in total. The third-order valence-corrected chi connectivity index (χ3v) is 2.75. The van der Waals surface area contributed by atoms with Crippen LogP contribution >= 0.6 is 0 Å². The molecule has 2 aromatic rings. The Morgan fingerprint density at radius 2 is 2.00 bits per heavy atom. The van der Waals surface area contributed by atoms with Crippen LogP contribution in [0.15, 0.2) is 48.8 Å². The van der Waals surface area contributed by atoms with Gasteiger partial charge >= 0.3 is 0 Å². The topological polar surface area (TPSA) is 48.4 Å². The van der Waals surface area contributed by atoms with Crippen molar-refractivity contribution in [3.8, 4) is 11.5 Å². The Labute approximate surface area is 104 Å². The lowest BCUT2D eigenvalue weighted by Gasteiger charge is -2.25. The highest BCUT2D eigenvalue weighted by Gasteiger charge is 2.28. The van der Waals surface area contributed by atoms with Crippen molar-refractivity contribution < 1.29 is 14.3 Å². The molecule has 0 fully saturated rings. The summed E-state index contributed by atoms with van der Waals surface area (Å²) in [5, 5.41) is 0. The molecule has 1 aromatic heterocycles. The first-order chi connectivity index (χ1) is 8.84. The summed E-state index contributed by atoms with van der Waals surface area (Å²) in [5.74, 6) is 1.16. The Kier molecular flexibility index (Phi) is 2.68. The third kappa shape index (κ3) is 1.93. The number of ether oxygens (including phenoxy) is 2. The fraction of sp³-hybridized carbons (Fsp3) is 0.143. The van der Waals surface area contributed by atoms with Crippen molar-refractivity contribution in [3.05, 3.63) is 54.4 Å². The molecule has 0 saturated carbocycles. The van der Waals surface area contributed by atoms with E-state index in [2.05, 4.69) is 4.98 Å². The standard InChI is InChI=1S/C14H11NO3/c16-14(10-4-3-7-15-8-10)13-9-17-11-5-1-2-6-12(11)18-13/h1-8,13H,9H2. The van der Waals surface area contributed by atoms with Gasteiger partial charge < -0.3 is 9.47 Å². The number of ketones is 1. The number of carbonyl (C=O) groups is 1. The normalized spacial score (nSPS) is 17.2. The molecular formula is C14H11NO3. The third-order valence-electron chi connectivity index (χ3n) is 2.75. The van der Waals surface area contributed by atoms with Crippen LogP contribution in [0.25, 0.3) is 0 Å². The summed E-state index contributed by atoms with van der Waals surface area (Å²) in [5.41, 5.74) is 0.533. The van der Waals surface area contributed by atoms with Crippen LogP contribution in [0.4, 0.5) is 0 Å². The molecule has 0 saturated heterocycles. The van der Waals surface area contributed by atoms with Crippen molar-refractivity contribution >= 4 is 5.78 Å². The number of benzene rings is 1. The van der Waals surface area contributed by atoms with Gasteiger partial charge in [0.2, 0.25) is 5.78 Å². The molecule has 1 atom stereocenters. The van der Waals surface area contributed by atoms with E-state index in [-0.39, 0.29) is 12.4 Å². The number of aromatic nitrogens is 1. The Bertz CT molecular complexity index is 568. The highest BCUT2D eigenvalue weighted by molar-refractivity contribution is 5.99. The molecule has 0 amide bonds. The van der Waals surface area contributed by atoms with E-state index in [1.165, 1.54) is 6.20 Å². The minimum absolute atomic E-state index is 0.113. The second kappa shape index (κ2) is 4.49. The van der Waals surface area contributed by atoms with E-state index in [1.807, 2.05) is 18.2 Å². The highest BCUT2D eigenvalue weighted by atomic mass is 16.6. The van der Waals surface area contributed by atoms with E-state index in [1.54, 1.807) is 24.4 Å². The van der Waals surface area contributed by atoms with Crippen LogP contribution in [0, 0.1) is 0 Å². The predicted octanol–water partition coefficient (Wildman–Crippen LogP) is 2.10. The molecule has 0 bridgehead atoms. The summed E-state index contributed by atoms with van der Waals surface area (Å²) in [7, 11) is 0. The van der Waals surface area contributed by atoms with Crippen LogP contribution in [-0.2, 0) is 0 Å². The molecule has 2 heterocycles. The molecule has 18 heavy (non-hydrogen) atoms. The molecule has 1 aliphatic heterocycles. The van der Waals surface area contributed by atoms with Gasteiger partial charge in [-0.25, -0.2) is 0 Å². The molecule has 1 unspecified atom stereocenters. The van der Waals surface area contributed by atoms with Gasteiger partial charge in [0, 0.05) is 18.0 Å². The Hall–Kier alpha value is -2.36. The van der Waals surface area contributed by atoms with E-state index in [4.69, 9.17) is 9.47 Å². The van der Waals surface area contributed by atoms with Crippen LogP contribution < -0.4 is 9.47 Å². The first-order valence-electron chi connectivity index (χ1n) is 5.67. The number of Topliss-reactive ketones (excluding diaryl/α,β-unsaturated/α-hetero) is 1. The van der Waals surface area contributed by atoms with Gasteiger partial charge in [-0.05, 0) is 24.3 Å². The van der Waals surface area contributed by atoms with E-state index in [0.717, 1.165) is 0 Å². The van der Waals surface area contributed by atoms with Crippen molar-refractivity contribution in [2.45, 2.75) is 6.10 Å². The SMILES string of the molecule is O=C(c1cccnc1)C1COc2ccccc2O1. The molecular weight excluding hydrogens is 230 g/mol. The number of carbonyl (C=O) groups excluding carboxylic acids is 1. The van der Waals surface area contributed by atoms with Gasteiger partial charge in [0.25, 0.3) is 0 Å². The maximum Gasteiger partial charge on any atom is 0.208 e. The molecule has 1 aliphatic rings. The number of para-hydroxylation sites is 2. The van der Waals surface area contributed by atoms with Gasteiger partial charge in [0.05, 0.1) is 0 Å². The van der Waals surface area contributed by atoms with Crippen LogP contribution in [0.1, 0.15) is 10.4 Å². The van der Waals surface area contributed by atoms with E-state index >= 15 is 0 Å². The van der Waals surface area contributed by atoms with Gasteiger partial charge in [-0.1, -0.05) is 12.1 Å². The van der Waals surface area contributed by atoms with Gasteiger partial charge in [-0.3, -0.25) is 9.78 Å². The first kappa shape index (κ1) is 10.8. The lowest BCUT2D eigenvalue weighted by Crippen LogP contribution is -2.36. The fourth-order valence-electron chi connectivity index (χ4n) is 1.84. The second-order valence-corrected chi connectivity index (χ2v) is 3.97. The van der Waals surface area contributed by atoms with Gasteiger partial charge in [0.15, 0.2) is 17.6 Å². The molecule has 90 valence electrons. The summed E-state index contributed by atoms with van der Waals surface area (Å²) < 4.78 is 11.2. The average molecular weight is 241 g/mol. The zero-order valence-electron chi connectivity index (χ0n) is 9.58. The van der Waals surface area contributed by atoms with Crippen molar-refractivity contribution in [3.63, 3.8) is 0 Å². The average Bonchev–Trinajstić information content (AvgIpc) is 2.47. The summed E-state index contributed by atoms with van der Waals surface area (Å²) in [6.45, 7) is 0.227. The van der Waals surface area contributed by atoms with Crippen molar-refractivity contribution in [2.75, 3.05) is 6.61 Å². The lowest BCUT2D eigenvalue weighted by molar-refractivity contribution is 0.0585. The summed E-state index contributed by atoms with van der Waals surface area (Å²) in [6.07, 6.45) is 2.56. The number of pyridine rings is 1. The molecule has 1 aromatic carbocycles.